The molecule has 158 valence electrons. The zero-order chi connectivity index (χ0) is 21.6. The van der Waals surface area contributed by atoms with Crippen LogP contribution in [-0.2, 0) is 11.2 Å². The van der Waals surface area contributed by atoms with Crippen molar-refractivity contribution in [1.29, 1.82) is 5.26 Å². The molecule has 2 aliphatic rings. The van der Waals surface area contributed by atoms with Crippen LogP contribution in [0.3, 0.4) is 0 Å². The molecule has 2 fully saturated rings. The van der Waals surface area contributed by atoms with Crippen molar-refractivity contribution in [2.45, 2.75) is 56.5 Å². The number of nitrogens with zero attached hydrogens (tertiary/aromatic N) is 3. The van der Waals surface area contributed by atoms with Gasteiger partial charge in [0.25, 0.3) is 0 Å². The molecule has 1 aliphatic heterocycles. The van der Waals surface area contributed by atoms with Crippen LogP contribution < -0.4 is 0 Å². The summed E-state index contributed by atoms with van der Waals surface area (Å²) >= 11 is 0. The van der Waals surface area contributed by atoms with Gasteiger partial charge in [0.05, 0.1) is 25.1 Å². The van der Waals surface area contributed by atoms with Gasteiger partial charge in [-0.3, -0.25) is 9.78 Å². The molecule has 0 radical (unpaired) electrons. The maximum atomic E-state index is 12.8. The fraction of sp³-hybridized carbons (Fsp3) is 0.423. The van der Waals surface area contributed by atoms with Crippen LogP contribution in [-0.4, -0.2) is 39.6 Å². The van der Waals surface area contributed by atoms with E-state index >= 15 is 0 Å². The molecule has 1 aromatic heterocycles. The Kier molecular flexibility index (Phi) is 6.65. The average Bonchev–Trinajstić information content (AvgIpc) is 2.80. The van der Waals surface area contributed by atoms with Crippen molar-refractivity contribution in [2.24, 2.45) is 5.92 Å². The summed E-state index contributed by atoms with van der Waals surface area (Å²) in [6.07, 6.45) is 8.02. The zero-order valence-corrected chi connectivity index (χ0v) is 17.6. The highest BCUT2D eigenvalue weighted by Crippen LogP contribution is 2.40. The number of carbonyl (C=O) groups is 1. The molecule has 31 heavy (non-hydrogen) atoms. The summed E-state index contributed by atoms with van der Waals surface area (Å²) in [6, 6.07) is 14.6. The van der Waals surface area contributed by atoms with Crippen LogP contribution in [0.2, 0.25) is 0 Å². The molecule has 2 aromatic rings. The predicted octanol–water partition coefficient (Wildman–Crippen LogP) is 3.43. The lowest BCUT2D eigenvalue weighted by atomic mass is 9.75. The van der Waals surface area contributed by atoms with Gasteiger partial charge >= 0.3 is 0 Å². The molecule has 1 saturated heterocycles. The molecule has 2 heterocycles. The largest absolute Gasteiger partial charge is 0.394 e. The number of pyridine rings is 1. The summed E-state index contributed by atoms with van der Waals surface area (Å²) in [5.74, 6) is 6.79. The van der Waals surface area contributed by atoms with E-state index in [-0.39, 0.29) is 24.9 Å². The van der Waals surface area contributed by atoms with Crippen LogP contribution in [0.15, 0.2) is 48.7 Å². The summed E-state index contributed by atoms with van der Waals surface area (Å²) in [5, 5.41) is 19.7. The topological polar surface area (TPSA) is 77.2 Å². The molecule has 1 N–H and O–H groups in total. The van der Waals surface area contributed by atoms with Gasteiger partial charge in [-0.15, -0.1) is 0 Å². The van der Waals surface area contributed by atoms with Crippen LogP contribution in [0.1, 0.15) is 54.8 Å². The van der Waals surface area contributed by atoms with Gasteiger partial charge in [-0.1, -0.05) is 49.3 Å². The van der Waals surface area contributed by atoms with E-state index in [1.807, 2.05) is 30.3 Å². The molecule has 1 amide bonds. The van der Waals surface area contributed by atoms with E-state index in [4.69, 9.17) is 0 Å². The van der Waals surface area contributed by atoms with Gasteiger partial charge in [0.15, 0.2) is 0 Å². The first-order valence-corrected chi connectivity index (χ1v) is 11.0. The number of rotatable bonds is 4. The summed E-state index contributed by atoms with van der Waals surface area (Å²) in [7, 11) is 0. The molecule has 4 rings (SSSR count). The number of hydrogen-bond acceptors (Lipinski definition) is 4. The molecule has 5 heteroatoms. The second-order valence-electron chi connectivity index (χ2n) is 8.37. The number of nitriles is 1. The Morgan fingerprint density at radius 2 is 1.90 bits per heavy atom. The van der Waals surface area contributed by atoms with E-state index in [2.05, 4.69) is 22.9 Å². The Labute approximate surface area is 183 Å². The lowest BCUT2D eigenvalue weighted by Gasteiger charge is -2.51. The minimum atomic E-state index is -0.590. The van der Waals surface area contributed by atoms with Crippen molar-refractivity contribution in [2.75, 3.05) is 6.61 Å². The van der Waals surface area contributed by atoms with E-state index < -0.39 is 12.1 Å². The third-order valence-electron chi connectivity index (χ3n) is 6.40. The Balaban J connectivity index is 1.45. The summed E-state index contributed by atoms with van der Waals surface area (Å²) in [5.41, 5.74) is 2.58. The number of benzene rings is 1. The summed E-state index contributed by atoms with van der Waals surface area (Å²) < 4.78 is 0. The van der Waals surface area contributed by atoms with Crippen LogP contribution in [0.25, 0.3) is 0 Å². The number of carbonyl (C=O) groups excluding carboxylic acids is 1. The molecular weight excluding hydrogens is 386 g/mol. The Hall–Kier alpha value is -3.15. The normalized spacial score (nSPS) is 23.2. The fourth-order valence-corrected chi connectivity index (χ4v) is 4.72. The Bertz CT molecular complexity index is 995. The second-order valence-corrected chi connectivity index (χ2v) is 8.37. The van der Waals surface area contributed by atoms with Gasteiger partial charge < -0.3 is 10.0 Å². The highest BCUT2D eigenvalue weighted by Gasteiger charge is 2.51. The number of hydrogen-bond donors (Lipinski definition) is 1. The Morgan fingerprint density at radius 1 is 1.13 bits per heavy atom. The first-order chi connectivity index (χ1) is 15.2. The molecule has 1 aromatic carbocycles. The first-order valence-electron chi connectivity index (χ1n) is 11.0. The lowest BCUT2D eigenvalue weighted by Crippen LogP contribution is -2.65. The molecule has 3 atom stereocenters. The highest BCUT2D eigenvalue weighted by atomic mass is 16.3. The van der Waals surface area contributed by atoms with Crippen molar-refractivity contribution >= 4 is 5.91 Å². The third kappa shape index (κ3) is 4.63. The number of amides is 1. The summed E-state index contributed by atoms with van der Waals surface area (Å²) in [4.78, 5) is 18.5. The van der Waals surface area contributed by atoms with Crippen LogP contribution in [0, 0.1) is 29.1 Å². The van der Waals surface area contributed by atoms with Crippen molar-refractivity contribution < 1.29 is 9.90 Å². The quantitative estimate of drug-likeness (QED) is 0.779. The maximum absolute atomic E-state index is 12.8. The minimum Gasteiger partial charge on any atom is -0.394 e. The van der Waals surface area contributed by atoms with Crippen molar-refractivity contribution in [3.63, 3.8) is 0 Å². The smallest absolute Gasteiger partial charge is 0.230 e. The van der Waals surface area contributed by atoms with E-state index in [1.165, 1.54) is 37.0 Å². The van der Waals surface area contributed by atoms with Gasteiger partial charge in [-0.25, -0.2) is 0 Å². The number of aromatic nitrogens is 1. The molecule has 5 nitrogen and oxygen atoms in total. The molecule has 0 spiro atoms. The van der Waals surface area contributed by atoms with Crippen LogP contribution in [0.4, 0.5) is 0 Å². The van der Waals surface area contributed by atoms with Crippen molar-refractivity contribution in [3.8, 4) is 17.9 Å². The average molecular weight is 414 g/mol. The zero-order valence-electron chi connectivity index (χ0n) is 17.6. The van der Waals surface area contributed by atoms with E-state index in [0.29, 0.717) is 11.6 Å². The van der Waals surface area contributed by atoms with Gasteiger partial charge in [0, 0.05) is 29.3 Å². The Morgan fingerprint density at radius 3 is 2.55 bits per heavy atom. The standard InChI is InChI=1S/C26H27N3O2/c27-17-23-26(24(18-30)29(23)25(31)16-22-8-4-5-15-28-22)21-13-11-20(12-14-21)10-9-19-6-2-1-3-7-19/h4-5,8,11-15,19,23-24,26,30H,1-3,6-7,16,18H2/t23-,24+,26-/m1/s1. The van der Waals surface area contributed by atoms with Crippen molar-refractivity contribution in [3.05, 3.63) is 65.5 Å². The molecule has 1 saturated carbocycles. The second kappa shape index (κ2) is 9.77. The third-order valence-corrected chi connectivity index (χ3v) is 6.40. The monoisotopic (exact) mass is 413 g/mol. The van der Waals surface area contributed by atoms with E-state index in [9.17, 15) is 15.2 Å². The van der Waals surface area contributed by atoms with Crippen LogP contribution >= 0.6 is 0 Å². The SMILES string of the molecule is N#C[C@@H]1[C@@H](c2ccc(C#CC3CCCCC3)cc2)[C@H](CO)N1C(=O)Cc1ccccn1. The number of likely N-dealkylation sites (tertiary alicyclic amines) is 1. The molecule has 0 bridgehead atoms. The number of aliphatic hydroxyl groups is 1. The van der Waals surface area contributed by atoms with Gasteiger partial charge in [-0.05, 0) is 42.7 Å². The first kappa shape index (κ1) is 21.1. The van der Waals surface area contributed by atoms with Gasteiger partial charge in [0.1, 0.15) is 6.04 Å². The maximum Gasteiger partial charge on any atom is 0.230 e. The lowest BCUT2D eigenvalue weighted by molar-refractivity contribution is -0.146. The molecule has 1 aliphatic carbocycles. The fourth-order valence-electron chi connectivity index (χ4n) is 4.72. The number of aliphatic hydroxyl groups excluding tert-OH is 1. The molecular formula is C26H27N3O2. The van der Waals surface area contributed by atoms with Gasteiger partial charge in [0.2, 0.25) is 5.91 Å². The summed E-state index contributed by atoms with van der Waals surface area (Å²) in [6.45, 7) is -0.181. The van der Waals surface area contributed by atoms with Crippen molar-refractivity contribution in [1.82, 2.24) is 9.88 Å². The van der Waals surface area contributed by atoms with E-state index in [0.717, 1.165) is 11.1 Å². The minimum absolute atomic E-state index is 0.123. The van der Waals surface area contributed by atoms with Crippen LogP contribution in [0.5, 0.6) is 0 Å². The highest BCUT2D eigenvalue weighted by molar-refractivity contribution is 5.81. The predicted molar refractivity (Wildman–Crippen MR) is 118 cm³/mol. The van der Waals surface area contributed by atoms with Gasteiger partial charge in [-0.2, -0.15) is 5.26 Å². The molecule has 0 unspecified atom stereocenters. The van der Waals surface area contributed by atoms with E-state index in [1.54, 1.807) is 18.3 Å².